The number of esters is 1. The third kappa shape index (κ3) is 4.75. The van der Waals surface area contributed by atoms with E-state index in [0.29, 0.717) is 5.56 Å². The lowest BCUT2D eigenvalue weighted by atomic mass is 10.1. The van der Waals surface area contributed by atoms with Gasteiger partial charge in [0.1, 0.15) is 0 Å². The summed E-state index contributed by atoms with van der Waals surface area (Å²) in [5.41, 5.74) is 8.58. The summed E-state index contributed by atoms with van der Waals surface area (Å²) in [6.07, 6.45) is 1.53. The Morgan fingerprint density at radius 1 is 1.21 bits per heavy atom. The van der Waals surface area contributed by atoms with Crippen molar-refractivity contribution in [2.45, 2.75) is 13.8 Å². The predicted octanol–water partition coefficient (Wildman–Crippen LogP) is 3.17. The van der Waals surface area contributed by atoms with Crippen LogP contribution in [0.15, 0.2) is 41.0 Å². The summed E-state index contributed by atoms with van der Waals surface area (Å²) in [4.78, 5) is 27.5. The number of halogens is 1. The van der Waals surface area contributed by atoms with Crippen LogP contribution in [0.3, 0.4) is 0 Å². The summed E-state index contributed by atoms with van der Waals surface area (Å²) in [6.45, 7) is 3.58. The minimum atomic E-state index is -0.642. The predicted molar refractivity (Wildman–Crippen MR) is 109 cm³/mol. The Kier molecular flexibility index (Phi) is 5.89. The van der Waals surface area contributed by atoms with Gasteiger partial charge >= 0.3 is 5.97 Å². The molecule has 0 aliphatic carbocycles. The van der Waals surface area contributed by atoms with Gasteiger partial charge in [-0.2, -0.15) is 0 Å². The van der Waals surface area contributed by atoms with E-state index in [0.717, 1.165) is 16.7 Å². The molecule has 8 heteroatoms. The van der Waals surface area contributed by atoms with Crippen LogP contribution in [0.2, 0.25) is 5.02 Å². The van der Waals surface area contributed by atoms with E-state index in [2.05, 4.69) is 4.99 Å². The van der Waals surface area contributed by atoms with E-state index in [1.54, 1.807) is 12.1 Å². The Balaban J connectivity index is 1.94. The monoisotopic (exact) mass is 414 g/mol. The SMILES string of the molecule is COc1cc(C=C2N=C(c3cc(C)cc(C)c3)OC2=O)cc(Cl)c1OCC(N)=O. The maximum Gasteiger partial charge on any atom is 0.363 e. The number of ether oxygens (including phenoxy) is 3. The second-order valence-electron chi connectivity index (χ2n) is 6.50. The van der Waals surface area contributed by atoms with Crippen LogP contribution in [0.25, 0.3) is 6.08 Å². The molecule has 1 amide bonds. The zero-order valence-corrected chi connectivity index (χ0v) is 16.9. The molecule has 0 radical (unpaired) electrons. The van der Waals surface area contributed by atoms with Crippen LogP contribution in [0.5, 0.6) is 11.5 Å². The highest BCUT2D eigenvalue weighted by atomic mass is 35.5. The third-order valence-electron chi connectivity index (χ3n) is 4.00. The lowest BCUT2D eigenvalue weighted by Gasteiger charge is -2.12. The maximum absolute atomic E-state index is 12.3. The lowest BCUT2D eigenvalue weighted by molar-refractivity contribution is -0.130. The van der Waals surface area contributed by atoms with Crippen molar-refractivity contribution in [3.05, 3.63) is 63.3 Å². The molecule has 150 valence electrons. The largest absolute Gasteiger partial charge is 0.493 e. The molecule has 0 aromatic heterocycles. The molecule has 0 unspecified atom stereocenters. The minimum Gasteiger partial charge on any atom is -0.493 e. The van der Waals surface area contributed by atoms with E-state index < -0.39 is 11.9 Å². The summed E-state index contributed by atoms with van der Waals surface area (Å²) < 4.78 is 15.9. The number of methoxy groups -OCH3 is 1. The summed E-state index contributed by atoms with van der Waals surface area (Å²) in [6, 6.07) is 8.98. The topological polar surface area (TPSA) is 100 Å². The first-order valence-electron chi connectivity index (χ1n) is 8.66. The Morgan fingerprint density at radius 3 is 2.52 bits per heavy atom. The smallest absolute Gasteiger partial charge is 0.363 e. The average Bonchev–Trinajstić information content (AvgIpc) is 3.00. The molecule has 29 heavy (non-hydrogen) atoms. The van der Waals surface area contributed by atoms with Crippen LogP contribution in [0, 0.1) is 13.8 Å². The van der Waals surface area contributed by atoms with Crippen LogP contribution in [-0.2, 0) is 14.3 Å². The second-order valence-corrected chi connectivity index (χ2v) is 6.91. The number of hydrogen-bond donors (Lipinski definition) is 1. The van der Waals surface area contributed by atoms with Crippen molar-refractivity contribution in [1.29, 1.82) is 0 Å². The van der Waals surface area contributed by atoms with Gasteiger partial charge in [0.25, 0.3) is 5.91 Å². The highest BCUT2D eigenvalue weighted by molar-refractivity contribution is 6.32. The maximum atomic E-state index is 12.3. The number of amides is 1. The van der Waals surface area contributed by atoms with Crippen molar-refractivity contribution < 1.29 is 23.8 Å². The Bertz CT molecular complexity index is 1040. The van der Waals surface area contributed by atoms with Crippen molar-refractivity contribution >= 4 is 35.5 Å². The van der Waals surface area contributed by atoms with Gasteiger partial charge in [-0.1, -0.05) is 28.8 Å². The van der Waals surface area contributed by atoms with Gasteiger partial charge in [0.05, 0.1) is 12.1 Å². The van der Waals surface area contributed by atoms with Crippen molar-refractivity contribution in [3.63, 3.8) is 0 Å². The van der Waals surface area contributed by atoms with Crippen LogP contribution in [0.1, 0.15) is 22.3 Å². The number of carbonyl (C=O) groups excluding carboxylic acids is 2. The standard InChI is InChI=1S/C21H19ClN2O5/c1-11-4-12(2)6-14(5-11)20-24-16(21(26)29-20)8-13-7-15(22)19(17(9-13)27-3)28-10-18(23)25/h4-9H,10H2,1-3H3,(H2,23,25). The molecule has 1 aliphatic rings. The van der Waals surface area contributed by atoms with E-state index >= 15 is 0 Å². The first-order valence-corrected chi connectivity index (χ1v) is 9.04. The molecule has 0 spiro atoms. The molecule has 1 heterocycles. The fourth-order valence-electron chi connectivity index (χ4n) is 2.90. The molecule has 2 aromatic rings. The average molecular weight is 415 g/mol. The van der Waals surface area contributed by atoms with Gasteiger partial charge in [-0.15, -0.1) is 0 Å². The number of nitrogens with two attached hydrogens (primary N) is 1. The number of nitrogens with zero attached hydrogens (tertiary/aromatic N) is 1. The lowest BCUT2D eigenvalue weighted by Crippen LogP contribution is -2.20. The number of benzene rings is 2. The summed E-state index contributed by atoms with van der Waals surface area (Å²) >= 11 is 6.24. The third-order valence-corrected chi connectivity index (χ3v) is 4.28. The van der Waals surface area contributed by atoms with Gasteiger partial charge in [0, 0.05) is 5.56 Å². The number of hydrogen-bond acceptors (Lipinski definition) is 6. The highest BCUT2D eigenvalue weighted by Gasteiger charge is 2.25. The number of aryl methyl sites for hydroxylation is 2. The van der Waals surface area contributed by atoms with Crippen LogP contribution in [0.4, 0.5) is 0 Å². The molecule has 3 rings (SSSR count). The van der Waals surface area contributed by atoms with Gasteiger partial charge in [0.15, 0.2) is 23.8 Å². The summed E-state index contributed by atoms with van der Waals surface area (Å²) in [7, 11) is 1.43. The van der Waals surface area contributed by atoms with Crippen molar-refractivity contribution in [3.8, 4) is 11.5 Å². The Hall–Kier alpha value is -3.32. The second kappa shape index (κ2) is 8.36. The van der Waals surface area contributed by atoms with Crippen LogP contribution in [-0.4, -0.2) is 31.5 Å². The van der Waals surface area contributed by atoms with Gasteiger partial charge in [0.2, 0.25) is 5.90 Å². The van der Waals surface area contributed by atoms with Gasteiger partial charge in [-0.3, -0.25) is 4.79 Å². The number of primary amides is 1. The molecular formula is C21H19ClN2O5. The highest BCUT2D eigenvalue weighted by Crippen LogP contribution is 2.37. The first-order chi connectivity index (χ1) is 13.8. The number of rotatable bonds is 6. The molecule has 0 saturated carbocycles. The van der Waals surface area contributed by atoms with Gasteiger partial charge in [-0.25, -0.2) is 9.79 Å². The molecule has 0 bridgehead atoms. The molecule has 2 aromatic carbocycles. The van der Waals surface area contributed by atoms with Gasteiger partial charge < -0.3 is 19.9 Å². The molecule has 1 aliphatic heterocycles. The van der Waals surface area contributed by atoms with Crippen LogP contribution < -0.4 is 15.2 Å². The van der Waals surface area contributed by atoms with E-state index in [1.807, 2.05) is 32.0 Å². The zero-order valence-electron chi connectivity index (χ0n) is 16.1. The molecule has 0 saturated heterocycles. The molecular weight excluding hydrogens is 396 g/mol. The van der Waals surface area contributed by atoms with Gasteiger partial charge in [-0.05, 0) is 49.8 Å². The summed E-state index contributed by atoms with van der Waals surface area (Å²) in [5.74, 6) is -0.494. The van der Waals surface area contributed by atoms with Crippen molar-refractivity contribution in [2.75, 3.05) is 13.7 Å². The quantitative estimate of drug-likeness (QED) is 0.578. The fraction of sp³-hybridized carbons (Fsp3) is 0.190. The van der Waals surface area contributed by atoms with Crippen molar-refractivity contribution in [2.24, 2.45) is 10.7 Å². The van der Waals surface area contributed by atoms with Crippen LogP contribution >= 0.6 is 11.6 Å². The minimum absolute atomic E-state index is 0.128. The molecule has 2 N–H and O–H groups in total. The molecule has 7 nitrogen and oxygen atoms in total. The number of cyclic esters (lactones) is 1. The number of aliphatic imine (C=N–C) groups is 1. The van der Waals surface area contributed by atoms with E-state index in [9.17, 15) is 9.59 Å². The Morgan fingerprint density at radius 2 is 1.90 bits per heavy atom. The normalized spacial score (nSPS) is 14.6. The van der Waals surface area contributed by atoms with Crippen molar-refractivity contribution in [1.82, 2.24) is 0 Å². The van der Waals surface area contributed by atoms with E-state index in [4.69, 9.17) is 31.5 Å². The first kappa shape index (κ1) is 20.4. The Labute approximate surface area is 172 Å². The molecule has 0 atom stereocenters. The summed E-state index contributed by atoms with van der Waals surface area (Å²) in [5, 5.41) is 0.197. The number of carbonyl (C=O) groups is 2. The van der Waals surface area contributed by atoms with E-state index in [1.165, 1.54) is 13.2 Å². The molecule has 0 fully saturated rings. The van der Waals surface area contributed by atoms with E-state index in [-0.39, 0.29) is 34.7 Å². The zero-order chi connectivity index (χ0) is 21.1. The fourth-order valence-corrected chi connectivity index (χ4v) is 3.17.